The van der Waals surface area contributed by atoms with Crippen molar-refractivity contribution in [2.45, 2.75) is 0 Å². The van der Waals surface area contributed by atoms with Crippen LogP contribution in [-0.2, 0) is 9.59 Å². The first-order valence-corrected chi connectivity index (χ1v) is 12.4. The first-order valence-electron chi connectivity index (χ1n) is 12.4. The number of aromatic nitrogens is 2. The van der Waals surface area contributed by atoms with Gasteiger partial charge in [-0.05, 0) is 47.6 Å². The molecule has 10 nitrogen and oxygen atoms in total. The Morgan fingerprint density at radius 1 is 0.756 bits per heavy atom. The summed E-state index contributed by atoms with van der Waals surface area (Å²) in [5.41, 5.74) is -0.299. The lowest BCUT2D eigenvalue weighted by Crippen LogP contribution is -2.54. The molecular weight excluding hydrogens is 524 g/mol. The van der Waals surface area contributed by atoms with Crippen LogP contribution < -0.4 is 21.5 Å². The number of carbonyl (C=O) groups is 3. The number of H-pyrrole nitrogens is 1. The maximum Gasteiger partial charge on any atom is 0.335 e. The summed E-state index contributed by atoms with van der Waals surface area (Å²) in [7, 11) is 0. The number of rotatable bonds is 6. The van der Waals surface area contributed by atoms with E-state index in [9.17, 15) is 29.1 Å². The van der Waals surface area contributed by atoms with E-state index < -0.39 is 35.0 Å². The molecule has 0 spiro atoms. The number of anilines is 1. The predicted octanol–water partition coefficient (Wildman–Crippen LogP) is 3.54. The van der Waals surface area contributed by atoms with Crippen molar-refractivity contribution in [3.63, 3.8) is 0 Å². The fraction of sp³-hybridized carbons (Fsp3) is 0. The number of barbiturate groups is 1. The predicted molar refractivity (Wildman–Crippen MR) is 153 cm³/mol. The SMILES string of the molecule is O=C1NC(=O)N(c2ccccc2)C(=O)C1=CC=C(C=Cc1c(O)[nH]c(=O)n(-c2ccccc2)c1=O)c1ccccc1. The molecule has 1 aliphatic rings. The number of carbonyl (C=O) groups excluding carboxylic acids is 3. The molecule has 4 amide bonds. The fourth-order valence-electron chi connectivity index (χ4n) is 4.21. The Balaban J connectivity index is 1.58. The number of aromatic hydroxyl groups is 1. The summed E-state index contributed by atoms with van der Waals surface area (Å²) in [6.45, 7) is 0. The average Bonchev–Trinajstić information content (AvgIpc) is 2.97. The maximum atomic E-state index is 13.2. The summed E-state index contributed by atoms with van der Waals surface area (Å²) in [4.78, 5) is 67.1. The van der Waals surface area contributed by atoms with Crippen LogP contribution in [0.5, 0.6) is 5.88 Å². The summed E-state index contributed by atoms with van der Waals surface area (Å²) >= 11 is 0. The molecule has 5 rings (SSSR count). The van der Waals surface area contributed by atoms with Crippen LogP contribution >= 0.6 is 0 Å². The van der Waals surface area contributed by atoms with Gasteiger partial charge in [0.1, 0.15) is 11.1 Å². The molecule has 0 radical (unpaired) electrons. The van der Waals surface area contributed by atoms with E-state index in [-0.39, 0.29) is 11.1 Å². The van der Waals surface area contributed by atoms with Crippen molar-refractivity contribution >= 4 is 35.2 Å². The highest BCUT2D eigenvalue weighted by Crippen LogP contribution is 2.22. The van der Waals surface area contributed by atoms with Crippen LogP contribution in [0.25, 0.3) is 17.3 Å². The number of hydrogen-bond acceptors (Lipinski definition) is 6. The number of urea groups is 1. The molecule has 3 aromatic carbocycles. The minimum Gasteiger partial charge on any atom is -0.494 e. The first-order chi connectivity index (χ1) is 19.8. The normalized spacial score (nSPS) is 15.0. The van der Waals surface area contributed by atoms with E-state index in [4.69, 9.17) is 0 Å². The van der Waals surface area contributed by atoms with E-state index in [1.54, 1.807) is 91.0 Å². The van der Waals surface area contributed by atoms with Gasteiger partial charge >= 0.3 is 11.7 Å². The molecule has 1 saturated heterocycles. The number of allylic oxidation sites excluding steroid dienone is 4. The minimum absolute atomic E-state index is 0.185. The molecule has 1 fully saturated rings. The van der Waals surface area contributed by atoms with Gasteiger partial charge in [-0.25, -0.2) is 19.1 Å². The standard InChI is InChI=1S/C31H22N4O6/c36-26-24(28(38)34(30(40)32-26)22-12-6-2-7-13-22)18-16-21(20-10-4-1-5-11-20)17-19-25-27(37)33-31(41)35(29(25)39)23-14-8-3-9-15-23/h1-19,36H,(H,32,40)(H,33,37,41). The Morgan fingerprint density at radius 2 is 1.34 bits per heavy atom. The number of aromatic amines is 1. The van der Waals surface area contributed by atoms with Crippen LogP contribution in [0.15, 0.2) is 124 Å². The van der Waals surface area contributed by atoms with Crippen LogP contribution in [0.4, 0.5) is 10.5 Å². The van der Waals surface area contributed by atoms with Gasteiger partial charge in [-0.1, -0.05) is 78.9 Å². The van der Waals surface area contributed by atoms with Gasteiger partial charge in [0.15, 0.2) is 0 Å². The molecule has 4 aromatic rings. The molecule has 1 aliphatic heterocycles. The van der Waals surface area contributed by atoms with Gasteiger partial charge in [-0.15, -0.1) is 0 Å². The fourth-order valence-corrected chi connectivity index (χ4v) is 4.21. The minimum atomic E-state index is -0.862. The van der Waals surface area contributed by atoms with E-state index in [0.717, 1.165) is 9.47 Å². The van der Waals surface area contributed by atoms with Crippen molar-refractivity contribution in [3.8, 4) is 11.6 Å². The van der Waals surface area contributed by atoms with E-state index in [2.05, 4.69) is 10.3 Å². The topological polar surface area (TPSA) is 142 Å². The number of para-hydroxylation sites is 2. The smallest absolute Gasteiger partial charge is 0.335 e. The summed E-state index contributed by atoms with van der Waals surface area (Å²) in [5.74, 6) is -2.28. The van der Waals surface area contributed by atoms with E-state index in [1.165, 1.54) is 24.3 Å². The number of benzene rings is 3. The largest absolute Gasteiger partial charge is 0.494 e. The second-order valence-corrected chi connectivity index (χ2v) is 8.81. The van der Waals surface area contributed by atoms with Crippen molar-refractivity contribution in [2.75, 3.05) is 4.90 Å². The second-order valence-electron chi connectivity index (χ2n) is 8.81. The Labute approximate surface area is 232 Å². The highest BCUT2D eigenvalue weighted by atomic mass is 16.3. The molecule has 3 N–H and O–H groups in total. The van der Waals surface area contributed by atoms with Crippen molar-refractivity contribution in [1.29, 1.82) is 0 Å². The van der Waals surface area contributed by atoms with Crippen LogP contribution in [0.1, 0.15) is 11.1 Å². The molecule has 1 aromatic heterocycles. The third-order valence-electron chi connectivity index (χ3n) is 6.21. The zero-order valence-electron chi connectivity index (χ0n) is 21.4. The molecule has 0 bridgehead atoms. The lowest BCUT2D eigenvalue weighted by Gasteiger charge is -2.26. The van der Waals surface area contributed by atoms with Crippen LogP contribution in [0, 0.1) is 0 Å². The third-order valence-corrected chi connectivity index (χ3v) is 6.21. The van der Waals surface area contributed by atoms with Gasteiger partial charge in [0, 0.05) is 0 Å². The van der Waals surface area contributed by atoms with E-state index in [1.807, 2.05) is 0 Å². The van der Waals surface area contributed by atoms with Crippen LogP contribution in [-0.4, -0.2) is 32.5 Å². The lowest BCUT2D eigenvalue weighted by atomic mass is 10.0. The molecule has 0 unspecified atom stereocenters. The second kappa shape index (κ2) is 11.4. The van der Waals surface area contributed by atoms with Crippen molar-refractivity contribution in [1.82, 2.24) is 14.9 Å². The van der Waals surface area contributed by atoms with Crippen molar-refractivity contribution < 1.29 is 19.5 Å². The number of imide groups is 2. The van der Waals surface area contributed by atoms with Gasteiger partial charge in [0.2, 0.25) is 5.88 Å². The van der Waals surface area contributed by atoms with Gasteiger partial charge in [0.25, 0.3) is 17.4 Å². The van der Waals surface area contributed by atoms with Crippen LogP contribution in [0.3, 0.4) is 0 Å². The molecule has 10 heteroatoms. The average molecular weight is 547 g/mol. The highest BCUT2D eigenvalue weighted by molar-refractivity contribution is 6.37. The third kappa shape index (κ3) is 5.43. The summed E-state index contributed by atoms with van der Waals surface area (Å²) in [6.07, 6.45) is 5.59. The molecule has 0 saturated carbocycles. The molecule has 0 atom stereocenters. The lowest BCUT2D eigenvalue weighted by molar-refractivity contribution is -0.122. The Bertz CT molecular complexity index is 1850. The maximum absolute atomic E-state index is 13.2. The number of nitrogens with zero attached hydrogens (tertiary/aromatic N) is 2. The molecular formula is C31H22N4O6. The van der Waals surface area contributed by atoms with Gasteiger partial charge < -0.3 is 5.11 Å². The monoisotopic (exact) mass is 546 g/mol. The van der Waals surface area contributed by atoms with E-state index in [0.29, 0.717) is 22.5 Å². The molecule has 2 heterocycles. The Kier molecular flexibility index (Phi) is 7.37. The van der Waals surface area contributed by atoms with Crippen molar-refractivity contribution in [3.05, 3.63) is 147 Å². The molecule has 202 valence electrons. The van der Waals surface area contributed by atoms with Gasteiger partial charge in [-0.2, -0.15) is 0 Å². The van der Waals surface area contributed by atoms with E-state index >= 15 is 0 Å². The molecule has 41 heavy (non-hydrogen) atoms. The number of nitrogens with one attached hydrogen (secondary N) is 2. The van der Waals surface area contributed by atoms with Crippen LogP contribution in [0.2, 0.25) is 0 Å². The highest BCUT2D eigenvalue weighted by Gasteiger charge is 2.36. The number of hydrogen-bond donors (Lipinski definition) is 3. The zero-order valence-corrected chi connectivity index (χ0v) is 21.4. The molecule has 0 aliphatic carbocycles. The Hall–Kier alpha value is -6.03. The summed E-state index contributed by atoms with van der Waals surface area (Å²) < 4.78 is 0.896. The number of amides is 4. The van der Waals surface area contributed by atoms with Crippen molar-refractivity contribution in [2.24, 2.45) is 0 Å². The van der Waals surface area contributed by atoms with Gasteiger partial charge in [0.05, 0.1) is 11.4 Å². The quantitative estimate of drug-likeness (QED) is 0.192. The van der Waals surface area contributed by atoms with Gasteiger partial charge in [-0.3, -0.25) is 24.7 Å². The zero-order chi connectivity index (χ0) is 28.9. The summed E-state index contributed by atoms with van der Waals surface area (Å²) in [6, 6.07) is 24.5. The summed E-state index contributed by atoms with van der Waals surface area (Å²) in [5, 5.41) is 12.6. The first kappa shape index (κ1) is 26.6. The Morgan fingerprint density at radius 3 is 1.98 bits per heavy atom.